The van der Waals surface area contributed by atoms with E-state index >= 15 is 0 Å². The summed E-state index contributed by atoms with van der Waals surface area (Å²) in [6, 6.07) is 3.98. The zero-order valence-corrected chi connectivity index (χ0v) is 11.5. The fraction of sp³-hybridized carbons (Fsp3) is 0.200. The average molecular weight is 331 g/mol. The lowest BCUT2D eigenvalue weighted by molar-refractivity contribution is 0.801. The molecule has 0 N–H and O–H groups in total. The zero-order chi connectivity index (χ0) is 11.0. The molecule has 5 heteroatoms. The van der Waals surface area contributed by atoms with E-state index in [1.807, 2.05) is 30.7 Å². The number of hydrogen-bond acceptors (Lipinski definition) is 2. The summed E-state index contributed by atoms with van der Waals surface area (Å²) in [5, 5.41) is 4.38. The van der Waals surface area contributed by atoms with Crippen LogP contribution in [-0.4, -0.2) is 14.8 Å². The highest BCUT2D eigenvalue weighted by Crippen LogP contribution is 2.23. The van der Waals surface area contributed by atoms with Crippen molar-refractivity contribution in [3.05, 3.63) is 38.7 Å². The van der Waals surface area contributed by atoms with Gasteiger partial charge >= 0.3 is 0 Å². The number of nitrogens with zero attached hydrogens (tertiary/aromatic N) is 3. The van der Waals surface area contributed by atoms with Gasteiger partial charge in [-0.1, -0.05) is 0 Å². The molecule has 0 spiro atoms. The van der Waals surface area contributed by atoms with Gasteiger partial charge in [-0.3, -0.25) is 0 Å². The highest BCUT2D eigenvalue weighted by molar-refractivity contribution is 9.11. The maximum Gasteiger partial charge on any atom is 0.167 e. The van der Waals surface area contributed by atoms with E-state index in [4.69, 9.17) is 0 Å². The summed E-state index contributed by atoms with van der Waals surface area (Å²) in [4.78, 5) is 4.33. The van der Waals surface area contributed by atoms with Crippen LogP contribution in [0.4, 0.5) is 0 Å². The van der Waals surface area contributed by atoms with Crippen LogP contribution in [0.2, 0.25) is 0 Å². The van der Waals surface area contributed by atoms with Crippen LogP contribution in [0.5, 0.6) is 0 Å². The molecule has 2 aromatic heterocycles. The molecule has 0 unspecified atom stereocenters. The second-order valence-corrected chi connectivity index (χ2v) is 5.07. The van der Waals surface area contributed by atoms with Crippen LogP contribution in [0.3, 0.4) is 0 Å². The smallest absolute Gasteiger partial charge is 0.167 e. The molecule has 3 nitrogen and oxygen atoms in total. The highest BCUT2D eigenvalue weighted by atomic mass is 79.9. The molecule has 2 rings (SSSR count). The summed E-state index contributed by atoms with van der Waals surface area (Å²) >= 11 is 6.84. The fourth-order valence-electron chi connectivity index (χ4n) is 1.41. The van der Waals surface area contributed by atoms with Crippen molar-refractivity contribution >= 4 is 31.9 Å². The molecule has 0 bridgehead atoms. The third-order valence-electron chi connectivity index (χ3n) is 2.00. The monoisotopic (exact) mass is 329 g/mol. The van der Waals surface area contributed by atoms with Gasteiger partial charge in [0.25, 0.3) is 0 Å². The maximum absolute atomic E-state index is 4.38. The van der Waals surface area contributed by atoms with Crippen molar-refractivity contribution in [2.45, 2.75) is 13.8 Å². The summed E-state index contributed by atoms with van der Waals surface area (Å²) in [5.41, 5.74) is 2.06. The van der Waals surface area contributed by atoms with Gasteiger partial charge in [-0.15, -0.1) is 0 Å². The number of hydrogen-bond donors (Lipinski definition) is 0. The largest absolute Gasteiger partial charge is 0.235 e. The van der Waals surface area contributed by atoms with Crippen molar-refractivity contribution in [1.82, 2.24) is 14.8 Å². The molecule has 0 fully saturated rings. The second-order valence-electron chi connectivity index (χ2n) is 3.30. The Morgan fingerprint density at radius 2 is 1.93 bits per heavy atom. The fourth-order valence-corrected chi connectivity index (χ4v) is 2.56. The van der Waals surface area contributed by atoms with Crippen LogP contribution in [0.1, 0.15) is 11.4 Å². The van der Waals surface area contributed by atoms with Crippen molar-refractivity contribution in [3.63, 3.8) is 0 Å². The van der Waals surface area contributed by atoms with E-state index in [1.54, 1.807) is 6.20 Å². The molecule has 2 heterocycles. The standard InChI is InChI=1S/C10H9Br2N3/c1-6-3-7(2)15(14-6)10-9(12)4-8(11)5-13-10/h3-5H,1-2H3. The second kappa shape index (κ2) is 4.06. The maximum atomic E-state index is 4.38. The minimum absolute atomic E-state index is 0.809. The van der Waals surface area contributed by atoms with Gasteiger partial charge in [-0.2, -0.15) is 5.10 Å². The third kappa shape index (κ3) is 2.13. The van der Waals surface area contributed by atoms with Gasteiger partial charge in [0, 0.05) is 16.4 Å². The topological polar surface area (TPSA) is 30.7 Å². The summed E-state index contributed by atoms with van der Waals surface area (Å²) < 4.78 is 3.69. The molecule has 0 saturated heterocycles. The molecule has 2 aromatic rings. The predicted molar refractivity (Wildman–Crippen MR) is 66.2 cm³/mol. The molecule has 0 aliphatic heterocycles. The van der Waals surface area contributed by atoms with E-state index in [2.05, 4.69) is 41.9 Å². The minimum atomic E-state index is 0.809. The molecule has 0 aliphatic rings. The van der Waals surface area contributed by atoms with Gasteiger partial charge < -0.3 is 0 Å². The lowest BCUT2D eigenvalue weighted by atomic mass is 10.4. The van der Waals surface area contributed by atoms with Gasteiger partial charge in [0.05, 0.1) is 10.2 Å². The first-order chi connectivity index (χ1) is 7.08. The van der Waals surface area contributed by atoms with Gasteiger partial charge in [-0.05, 0) is 57.8 Å². The molecule has 0 amide bonds. The lowest BCUT2D eigenvalue weighted by Gasteiger charge is -2.05. The summed E-state index contributed by atoms with van der Waals surface area (Å²) in [7, 11) is 0. The van der Waals surface area contributed by atoms with Crippen LogP contribution >= 0.6 is 31.9 Å². The number of pyridine rings is 1. The number of rotatable bonds is 1. The average Bonchev–Trinajstić information content (AvgIpc) is 2.45. The molecule has 0 atom stereocenters. The van der Waals surface area contributed by atoms with Crippen LogP contribution in [0.15, 0.2) is 27.3 Å². The van der Waals surface area contributed by atoms with E-state index in [-0.39, 0.29) is 0 Å². The van der Waals surface area contributed by atoms with Crippen molar-refractivity contribution in [2.24, 2.45) is 0 Å². The first-order valence-electron chi connectivity index (χ1n) is 4.42. The van der Waals surface area contributed by atoms with E-state index in [9.17, 15) is 0 Å². The Balaban J connectivity index is 2.59. The van der Waals surface area contributed by atoms with Crippen molar-refractivity contribution < 1.29 is 0 Å². The zero-order valence-electron chi connectivity index (χ0n) is 8.33. The van der Waals surface area contributed by atoms with Gasteiger partial charge in [-0.25, -0.2) is 9.67 Å². The Bertz CT molecular complexity index is 505. The van der Waals surface area contributed by atoms with Crippen LogP contribution in [0, 0.1) is 13.8 Å². The van der Waals surface area contributed by atoms with E-state index in [0.717, 1.165) is 26.2 Å². The minimum Gasteiger partial charge on any atom is -0.235 e. The predicted octanol–water partition coefficient (Wildman–Crippen LogP) is 3.41. The van der Waals surface area contributed by atoms with Gasteiger partial charge in [0.1, 0.15) is 0 Å². The Labute approximate surface area is 105 Å². The van der Waals surface area contributed by atoms with Crippen molar-refractivity contribution in [2.75, 3.05) is 0 Å². The molecular weight excluding hydrogens is 322 g/mol. The molecule has 15 heavy (non-hydrogen) atoms. The quantitative estimate of drug-likeness (QED) is 0.802. The molecular formula is C10H9Br2N3. The number of aryl methyl sites for hydroxylation is 2. The Kier molecular flexibility index (Phi) is 2.93. The molecule has 0 saturated carbocycles. The number of aromatic nitrogens is 3. The van der Waals surface area contributed by atoms with E-state index in [0.29, 0.717) is 0 Å². The van der Waals surface area contributed by atoms with Crippen LogP contribution in [-0.2, 0) is 0 Å². The Hall–Kier alpha value is -0.680. The normalized spacial score (nSPS) is 10.7. The molecule has 0 radical (unpaired) electrons. The number of halogens is 2. The third-order valence-corrected chi connectivity index (χ3v) is 3.02. The summed E-state index contributed by atoms with van der Waals surface area (Å²) in [6.07, 6.45) is 1.76. The van der Waals surface area contributed by atoms with E-state index < -0.39 is 0 Å². The van der Waals surface area contributed by atoms with Crippen molar-refractivity contribution in [3.8, 4) is 5.82 Å². The Morgan fingerprint density at radius 1 is 1.20 bits per heavy atom. The molecule has 0 aromatic carbocycles. The molecule has 78 valence electrons. The van der Waals surface area contributed by atoms with Crippen LogP contribution in [0.25, 0.3) is 5.82 Å². The van der Waals surface area contributed by atoms with Gasteiger partial charge in [0.2, 0.25) is 0 Å². The first-order valence-corrected chi connectivity index (χ1v) is 6.01. The van der Waals surface area contributed by atoms with E-state index in [1.165, 1.54) is 0 Å². The lowest BCUT2D eigenvalue weighted by Crippen LogP contribution is -2.02. The SMILES string of the molecule is Cc1cc(C)n(-c2ncc(Br)cc2Br)n1. The summed E-state index contributed by atoms with van der Waals surface area (Å²) in [6.45, 7) is 3.98. The first kappa shape index (κ1) is 10.8. The molecule has 0 aliphatic carbocycles. The Morgan fingerprint density at radius 3 is 2.47 bits per heavy atom. The highest BCUT2D eigenvalue weighted by Gasteiger charge is 2.08. The van der Waals surface area contributed by atoms with Gasteiger partial charge in [0.15, 0.2) is 5.82 Å². The summed E-state index contributed by atoms with van der Waals surface area (Å²) in [5.74, 6) is 0.809. The van der Waals surface area contributed by atoms with Crippen molar-refractivity contribution in [1.29, 1.82) is 0 Å². The van der Waals surface area contributed by atoms with Crippen LogP contribution < -0.4 is 0 Å².